The highest BCUT2D eigenvalue weighted by Crippen LogP contribution is 2.34. The molecule has 0 aliphatic carbocycles. The standard InChI is InChI=1S/C21H22N2O2/c1-14(2)13-18(24)23-19(15-7-4-3-5-8-15)17-11-10-16-9-6-12-22-20(16)21(17)25/h3-12,14,19,25H,13H2,1-2H3,(H,23,24)/t19-/m1/s1. The first kappa shape index (κ1) is 17.0. The minimum atomic E-state index is -0.418. The second-order valence-electron chi connectivity index (χ2n) is 6.59. The highest BCUT2D eigenvalue weighted by molar-refractivity contribution is 5.86. The van der Waals surface area contributed by atoms with Crippen molar-refractivity contribution in [3.63, 3.8) is 0 Å². The molecule has 1 aromatic heterocycles. The molecular weight excluding hydrogens is 312 g/mol. The Morgan fingerprint density at radius 3 is 2.56 bits per heavy atom. The first-order valence-corrected chi connectivity index (χ1v) is 8.47. The summed E-state index contributed by atoms with van der Waals surface area (Å²) in [7, 11) is 0. The maximum atomic E-state index is 12.4. The Morgan fingerprint density at radius 1 is 1.08 bits per heavy atom. The minimum absolute atomic E-state index is 0.0376. The Kier molecular flexibility index (Phi) is 4.98. The molecule has 0 aliphatic heterocycles. The average Bonchev–Trinajstić information content (AvgIpc) is 2.61. The molecule has 1 heterocycles. The van der Waals surface area contributed by atoms with E-state index in [9.17, 15) is 9.90 Å². The van der Waals surface area contributed by atoms with Crippen molar-refractivity contribution in [2.75, 3.05) is 0 Å². The van der Waals surface area contributed by atoms with Crippen molar-refractivity contribution >= 4 is 16.8 Å². The highest BCUT2D eigenvalue weighted by atomic mass is 16.3. The van der Waals surface area contributed by atoms with Crippen LogP contribution >= 0.6 is 0 Å². The molecular formula is C21H22N2O2. The van der Waals surface area contributed by atoms with E-state index in [1.54, 1.807) is 6.20 Å². The lowest BCUT2D eigenvalue weighted by molar-refractivity contribution is -0.122. The molecule has 1 amide bonds. The van der Waals surface area contributed by atoms with Gasteiger partial charge in [0.1, 0.15) is 11.3 Å². The largest absolute Gasteiger partial charge is 0.505 e. The summed E-state index contributed by atoms with van der Waals surface area (Å²) in [4.78, 5) is 16.7. The number of hydrogen-bond donors (Lipinski definition) is 2. The van der Waals surface area contributed by atoms with Crippen LogP contribution in [-0.4, -0.2) is 16.0 Å². The Bertz CT molecular complexity index is 875. The molecule has 0 unspecified atom stereocenters. The van der Waals surface area contributed by atoms with Crippen molar-refractivity contribution in [1.82, 2.24) is 10.3 Å². The Labute approximate surface area is 147 Å². The quantitative estimate of drug-likeness (QED) is 0.735. The number of carbonyl (C=O) groups is 1. The molecule has 0 saturated carbocycles. The number of hydrogen-bond acceptors (Lipinski definition) is 3. The Morgan fingerprint density at radius 2 is 1.84 bits per heavy atom. The Hall–Kier alpha value is -2.88. The zero-order chi connectivity index (χ0) is 17.8. The van der Waals surface area contributed by atoms with Crippen LogP contribution in [0.3, 0.4) is 0 Å². The molecule has 128 valence electrons. The second-order valence-corrected chi connectivity index (χ2v) is 6.59. The number of aromatic nitrogens is 1. The summed E-state index contributed by atoms with van der Waals surface area (Å²) < 4.78 is 0. The van der Waals surface area contributed by atoms with E-state index in [0.29, 0.717) is 17.5 Å². The number of rotatable bonds is 5. The lowest BCUT2D eigenvalue weighted by Gasteiger charge is -2.22. The third-order valence-electron chi connectivity index (χ3n) is 4.12. The van der Waals surface area contributed by atoms with Gasteiger partial charge in [0.2, 0.25) is 5.91 Å². The van der Waals surface area contributed by atoms with E-state index >= 15 is 0 Å². The van der Waals surface area contributed by atoms with Gasteiger partial charge in [-0.2, -0.15) is 0 Å². The van der Waals surface area contributed by atoms with Gasteiger partial charge < -0.3 is 10.4 Å². The molecule has 0 saturated heterocycles. The molecule has 2 aromatic carbocycles. The number of nitrogens with zero attached hydrogens (tertiary/aromatic N) is 1. The first-order chi connectivity index (χ1) is 12.1. The van der Waals surface area contributed by atoms with Crippen LogP contribution in [0.2, 0.25) is 0 Å². The van der Waals surface area contributed by atoms with E-state index in [2.05, 4.69) is 10.3 Å². The molecule has 0 fully saturated rings. The van der Waals surface area contributed by atoms with Crippen molar-refractivity contribution in [2.45, 2.75) is 26.3 Å². The van der Waals surface area contributed by atoms with E-state index in [1.165, 1.54) is 0 Å². The molecule has 0 bridgehead atoms. The number of nitrogens with one attached hydrogen (secondary N) is 1. The van der Waals surface area contributed by atoms with Gasteiger partial charge in [0.15, 0.2) is 0 Å². The van der Waals surface area contributed by atoms with E-state index in [1.807, 2.05) is 68.4 Å². The summed E-state index contributed by atoms with van der Waals surface area (Å²) in [5.74, 6) is 0.337. The summed E-state index contributed by atoms with van der Waals surface area (Å²) in [5, 5.41) is 14.7. The lowest BCUT2D eigenvalue weighted by Crippen LogP contribution is -2.30. The molecule has 3 aromatic rings. The third-order valence-corrected chi connectivity index (χ3v) is 4.12. The van der Waals surface area contributed by atoms with Crippen LogP contribution in [0, 0.1) is 5.92 Å². The molecule has 2 N–H and O–H groups in total. The molecule has 1 atom stereocenters. The fraction of sp³-hybridized carbons (Fsp3) is 0.238. The number of carbonyl (C=O) groups excluding carboxylic acids is 1. The van der Waals surface area contributed by atoms with Gasteiger partial charge in [-0.15, -0.1) is 0 Å². The van der Waals surface area contributed by atoms with Gasteiger partial charge in [0, 0.05) is 23.6 Å². The van der Waals surface area contributed by atoms with E-state index in [4.69, 9.17) is 0 Å². The van der Waals surface area contributed by atoms with Gasteiger partial charge in [-0.3, -0.25) is 9.78 Å². The number of aromatic hydroxyl groups is 1. The molecule has 4 nitrogen and oxygen atoms in total. The lowest BCUT2D eigenvalue weighted by atomic mass is 9.96. The second kappa shape index (κ2) is 7.34. The molecule has 3 rings (SSSR count). The van der Waals surface area contributed by atoms with Crippen LogP contribution in [-0.2, 0) is 4.79 Å². The smallest absolute Gasteiger partial charge is 0.221 e. The fourth-order valence-corrected chi connectivity index (χ4v) is 2.96. The summed E-state index contributed by atoms with van der Waals surface area (Å²) in [6, 6.07) is 16.8. The number of benzene rings is 2. The van der Waals surface area contributed by atoms with Crippen molar-refractivity contribution in [2.24, 2.45) is 5.92 Å². The summed E-state index contributed by atoms with van der Waals surface area (Å²) in [6.07, 6.45) is 2.09. The number of amides is 1. The molecule has 0 radical (unpaired) electrons. The van der Waals surface area contributed by atoms with E-state index in [0.717, 1.165) is 10.9 Å². The first-order valence-electron chi connectivity index (χ1n) is 8.47. The van der Waals surface area contributed by atoms with Crippen LogP contribution in [0.25, 0.3) is 10.9 Å². The number of phenolic OH excluding ortho intramolecular Hbond substituents is 1. The normalized spacial score (nSPS) is 12.3. The van der Waals surface area contributed by atoms with E-state index < -0.39 is 6.04 Å². The predicted octanol–water partition coefficient (Wildman–Crippen LogP) is 4.19. The summed E-state index contributed by atoms with van der Waals surface area (Å²) in [5.41, 5.74) is 2.11. The van der Waals surface area contributed by atoms with Crippen molar-refractivity contribution in [3.05, 3.63) is 71.9 Å². The maximum Gasteiger partial charge on any atom is 0.221 e. The SMILES string of the molecule is CC(C)CC(=O)N[C@H](c1ccccc1)c1ccc2cccnc2c1O. The molecule has 25 heavy (non-hydrogen) atoms. The molecule has 4 heteroatoms. The number of phenols is 1. The van der Waals surface area contributed by atoms with Crippen LogP contribution in [0.15, 0.2) is 60.8 Å². The van der Waals surface area contributed by atoms with Crippen LogP contribution in [0.1, 0.15) is 37.4 Å². The van der Waals surface area contributed by atoms with Crippen LogP contribution in [0.4, 0.5) is 0 Å². The number of pyridine rings is 1. The molecule has 0 spiro atoms. The van der Waals surface area contributed by atoms with Gasteiger partial charge >= 0.3 is 0 Å². The predicted molar refractivity (Wildman–Crippen MR) is 99.3 cm³/mol. The van der Waals surface area contributed by atoms with Crippen molar-refractivity contribution in [1.29, 1.82) is 0 Å². The monoisotopic (exact) mass is 334 g/mol. The van der Waals surface area contributed by atoms with Crippen LogP contribution < -0.4 is 5.32 Å². The zero-order valence-electron chi connectivity index (χ0n) is 14.4. The van der Waals surface area contributed by atoms with Crippen molar-refractivity contribution in [3.8, 4) is 5.75 Å². The van der Waals surface area contributed by atoms with E-state index in [-0.39, 0.29) is 17.6 Å². The van der Waals surface area contributed by atoms with Crippen LogP contribution in [0.5, 0.6) is 5.75 Å². The van der Waals surface area contributed by atoms with Gasteiger partial charge in [-0.25, -0.2) is 0 Å². The van der Waals surface area contributed by atoms with Gasteiger partial charge in [-0.05, 0) is 17.5 Å². The molecule has 0 aliphatic rings. The Balaban J connectivity index is 2.05. The summed E-state index contributed by atoms with van der Waals surface area (Å²) in [6.45, 7) is 4.02. The maximum absolute atomic E-state index is 12.4. The summed E-state index contributed by atoms with van der Waals surface area (Å²) >= 11 is 0. The topological polar surface area (TPSA) is 62.2 Å². The average molecular weight is 334 g/mol. The minimum Gasteiger partial charge on any atom is -0.505 e. The van der Waals surface area contributed by atoms with Gasteiger partial charge in [-0.1, -0.05) is 62.4 Å². The third kappa shape index (κ3) is 3.79. The van der Waals surface area contributed by atoms with Crippen molar-refractivity contribution < 1.29 is 9.90 Å². The zero-order valence-corrected chi connectivity index (χ0v) is 14.4. The van der Waals surface area contributed by atoms with Gasteiger partial charge in [0.05, 0.1) is 6.04 Å². The fourth-order valence-electron chi connectivity index (χ4n) is 2.96. The number of fused-ring (bicyclic) bond motifs is 1. The highest BCUT2D eigenvalue weighted by Gasteiger charge is 2.21. The van der Waals surface area contributed by atoms with Gasteiger partial charge in [0.25, 0.3) is 0 Å².